The van der Waals surface area contributed by atoms with E-state index in [1.54, 1.807) is 19.2 Å². The van der Waals surface area contributed by atoms with Gasteiger partial charge in [-0.25, -0.2) is 9.18 Å². The van der Waals surface area contributed by atoms with Gasteiger partial charge in [0.05, 0.1) is 0 Å². The molecular formula is C19H23FN4O3. The van der Waals surface area contributed by atoms with Crippen molar-refractivity contribution in [2.75, 3.05) is 18.0 Å². The van der Waals surface area contributed by atoms with Crippen LogP contribution >= 0.6 is 0 Å². The van der Waals surface area contributed by atoms with Gasteiger partial charge in [0, 0.05) is 45.7 Å². The van der Waals surface area contributed by atoms with Gasteiger partial charge < -0.3 is 10.2 Å². The van der Waals surface area contributed by atoms with Crippen molar-refractivity contribution < 1.29 is 9.18 Å². The molecule has 8 heteroatoms. The first-order valence-electron chi connectivity index (χ1n) is 8.91. The summed E-state index contributed by atoms with van der Waals surface area (Å²) < 4.78 is 15.7. The molecule has 0 atom stereocenters. The van der Waals surface area contributed by atoms with Crippen LogP contribution in [-0.2, 0) is 25.4 Å². The fourth-order valence-electron chi connectivity index (χ4n) is 3.38. The number of halogens is 1. The van der Waals surface area contributed by atoms with Gasteiger partial charge in [-0.1, -0.05) is 12.1 Å². The van der Waals surface area contributed by atoms with Crippen molar-refractivity contribution in [2.45, 2.75) is 19.4 Å². The largest absolute Gasteiger partial charge is 0.358 e. The number of benzene rings is 1. The summed E-state index contributed by atoms with van der Waals surface area (Å²) in [6.07, 6.45) is 1.25. The van der Waals surface area contributed by atoms with Gasteiger partial charge in [0.1, 0.15) is 11.6 Å². The summed E-state index contributed by atoms with van der Waals surface area (Å²) in [5.74, 6) is 0.0477. The molecule has 2 heterocycles. The zero-order chi connectivity index (χ0) is 19.6. The number of carbonyl (C=O) groups excluding carboxylic acids is 1. The van der Waals surface area contributed by atoms with Gasteiger partial charge in [-0.15, -0.1) is 0 Å². The third-order valence-electron chi connectivity index (χ3n) is 5.05. The van der Waals surface area contributed by atoms with Gasteiger partial charge in [0.2, 0.25) is 5.91 Å². The van der Waals surface area contributed by atoms with Crippen LogP contribution in [0.25, 0.3) is 0 Å². The highest BCUT2D eigenvalue weighted by atomic mass is 19.1. The van der Waals surface area contributed by atoms with E-state index in [-0.39, 0.29) is 28.9 Å². The molecule has 0 spiro atoms. The molecule has 1 saturated heterocycles. The summed E-state index contributed by atoms with van der Waals surface area (Å²) >= 11 is 0. The highest BCUT2D eigenvalue weighted by Crippen LogP contribution is 2.21. The predicted octanol–water partition coefficient (Wildman–Crippen LogP) is 0.756. The number of piperidine rings is 1. The van der Waals surface area contributed by atoms with Gasteiger partial charge in [-0.3, -0.25) is 18.7 Å². The summed E-state index contributed by atoms with van der Waals surface area (Å²) in [5.41, 5.74) is 0.00596. The molecule has 144 valence electrons. The summed E-state index contributed by atoms with van der Waals surface area (Å²) in [7, 11) is 3.08. The first-order chi connectivity index (χ1) is 12.9. The van der Waals surface area contributed by atoms with Crippen molar-refractivity contribution in [3.05, 3.63) is 62.6 Å². The molecule has 2 aromatic rings. The molecule has 0 unspecified atom stereocenters. The topological polar surface area (TPSA) is 76.3 Å². The second-order valence-corrected chi connectivity index (χ2v) is 6.85. The Balaban J connectivity index is 1.60. The van der Waals surface area contributed by atoms with E-state index in [0.29, 0.717) is 38.3 Å². The molecule has 0 radical (unpaired) electrons. The van der Waals surface area contributed by atoms with E-state index in [9.17, 15) is 18.8 Å². The molecule has 1 amide bonds. The maximum absolute atomic E-state index is 13.2. The third kappa shape index (κ3) is 4.10. The van der Waals surface area contributed by atoms with Crippen molar-refractivity contribution in [3.8, 4) is 0 Å². The maximum atomic E-state index is 13.2. The van der Waals surface area contributed by atoms with Gasteiger partial charge in [0.25, 0.3) is 5.56 Å². The lowest BCUT2D eigenvalue weighted by Crippen LogP contribution is -2.44. The van der Waals surface area contributed by atoms with E-state index in [4.69, 9.17) is 0 Å². The summed E-state index contributed by atoms with van der Waals surface area (Å²) in [6.45, 7) is 1.46. The molecule has 1 N–H and O–H groups in total. The molecule has 0 aliphatic carbocycles. The Morgan fingerprint density at radius 1 is 1.15 bits per heavy atom. The molecular weight excluding hydrogens is 351 g/mol. The molecule has 1 aromatic carbocycles. The molecule has 7 nitrogen and oxygen atoms in total. The van der Waals surface area contributed by atoms with E-state index in [0.717, 1.165) is 10.1 Å². The second-order valence-electron chi connectivity index (χ2n) is 6.85. The van der Waals surface area contributed by atoms with Crippen LogP contribution in [0.5, 0.6) is 0 Å². The van der Waals surface area contributed by atoms with Crippen LogP contribution < -0.4 is 21.5 Å². The average Bonchev–Trinajstić information content (AvgIpc) is 2.67. The van der Waals surface area contributed by atoms with Gasteiger partial charge >= 0.3 is 5.69 Å². The number of hydrogen-bond acceptors (Lipinski definition) is 4. The van der Waals surface area contributed by atoms with Crippen LogP contribution in [0, 0.1) is 11.7 Å². The lowest BCUT2D eigenvalue weighted by atomic mass is 9.96. The van der Waals surface area contributed by atoms with Crippen molar-refractivity contribution in [3.63, 3.8) is 0 Å². The molecule has 1 fully saturated rings. The highest BCUT2D eigenvalue weighted by molar-refractivity contribution is 5.79. The Morgan fingerprint density at radius 3 is 2.52 bits per heavy atom. The molecule has 3 rings (SSSR count). The lowest BCUT2D eigenvalue weighted by molar-refractivity contribution is -0.125. The Bertz CT molecular complexity index is 958. The quantitative estimate of drug-likeness (QED) is 0.857. The fourth-order valence-corrected chi connectivity index (χ4v) is 3.38. The number of hydrogen-bond donors (Lipinski definition) is 1. The number of anilines is 1. The Labute approximate surface area is 156 Å². The van der Waals surface area contributed by atoms with E-state index in [1.165, 1.54) is 29.8 Å². The SMILES string of the molecule is Cn1c(N2CCC(C(=O)NCc3cccc(F)c3)CC2)cc(=O)n(C)c1=O. The molecule has 1 aliphatic heterocycles. The van der Waals surface area contributed by atoms with Crippen LogP contribution in [-0.4, -0.2) is 28.1 Å². The van der Waals surface area contributed by atoms with Gasteiger partial charge in [-0.05, 0) is 30.5 Å². The second kappa shape index (κ2) is 7.77. The van der Waals surface area contributed by atoms with E-state index in [2.05, 4.69) is 5.32 Å². The minimum atomic E-state index is -0.368. The van der Waals surface area contributed by atoms with Crippen molar-refractivity contribution >= 4 is 11.7 Å². The molecule has 27 heavy (non-hydrogen) atoms. The zero-order valence-electron chi connectivity index (χ0n) is 15.4. The smallest absolute Gasteiger partial charge is 0.332 e. The van der Waals surface area contributed by atoms with Crippen LogP contribution in [0.2, 0.25) is 0 Å². The van der Waals surface area contributed by atoms with E-state index < -0.39 is 0 Å². The number of amides is 1. The Hall–Kier alpha value is -2.90. The van der Waals surface area contributed by atoms with Crippen LogP contribution in [0.3, 0.4) is 0 Å². The number of carbonyl (C=O) groups is 1. The van der Waals surface area contributed by atoms with Crippen molar-refractivity contribution in [1.29, 1.82) is 0 Å². The minimum absolute atomic E-state index is 0.0585. The molecule has 0 bridgehead atoms. The minimum Gasteiger partial charge on any atom is -0.358 e. The number of nitrogens with one attached hydrogen (secondary N) is 1. The van der Waals surface area contributed by atoms with Gasteiger partial charge in [-0.2, -0.15) is 0 Å². The Morgan fingerprint density at radius 2 is 1.85 bits per heavy atom. The lowest BCUT2D eigenvalue weighted by Gasteiger charge is -2.33. The summed E-state index contributed by atoms with van der Waals surface area (Å²) in [6, 6.07) is 7.60. The highest BCUT2D eigenvalue weighted by Gasteiger charge is 2.26. The number of nitrogens with zero attached hydrogens (tertiary/aromatic N) is 3. The fraction of sp³-hybridized carbons (Fsp3) is 0.421. The van der Waals surface area contributed by atoms with Crippen LogP contribution in [0.1, 0.15) is 18.4 Å². The van der Waals surface area contributed by atoms with Crippen molar-refractivity contribution in [2.24, 2.45) is 20.0 Å². The molecule has 1 aromatic heterocycles. The molecule has 0 saturated carbocycles. The van der Waals surface area contributed by atoms with E-state index in [1.807, 2.05) is 4.90 Å². The number of rotatable bonds is 4. The third-order valence-corrected chi connectivity index (χ3v) is 5.05. The average molecular weight is 374 g/mol. The summed E-state index contributed by atoms with van der Waals surface area (Å²) in [5, 5.41) is 2.85. The standard InChI is InChI=1S/C19H23FN4O3/c1-22-16(11-17(25)23(2)19(22)27)24-8-6-14(7-9-24)18(26)21-12-13-4-3-5-15(20)10-13/h3-5,10-11,14H,6-9,12H2,1-2H3,(H,21,26). The Kier molecular flexibility index (Phi) is 5.43. The van der Waals surface area contributed by atoms with E-state index >= 15 is 0 Å². The van der Waals surface area contributed by atoms with Crippen LogP contribution in [0.15, 0.2) is 39.9 Å². The normalized spacial score (nSPS) is 15.0. The number of aromatic nitrogens is 2. The monoisotopic (exact) mass is 374 g/mol. The zero-order valence-corrected chi connectivity index (χ0v) is 15.4. The molecule has 1 aliphatic rings. The summed E-state index contributed by atoms with van der Waals surface area (Å²) in [4.78, 5) is 38.3. The maximum Gasteiger partial charge on any atom is 0.332 e. The first-order valence-corrected chi connectivity index (χ1v) is 8.91. The van der Waals surface area contributed by atoms with Crippen LogP contribution in [0.4, 0.5) is 10.2 Å². The first kappa shape index (κ1) is 18.9. The van der Waals surface area contributed by atoms with Gasteiger partial charge in [0.15, 0.2) is 0 Å². The predicted molar refractivity (Wildman–Crippen MR) is 100 cm³/mol. The van der Waals surface area contributed by atoms with Crippen molar-refractivity contribution in [1.82, 2.24) is 14.5 Å².